The van der Waals surface area contributed by atoms with Gasteiger partial charge in [-0.25, -0.2) is 9.97 Å². The molecule has 1 heterocycles. The number of thioether (sulfide) groups is 1. The molecule has 0 fully saturated rings. The van der Waals surface area contributed by atoms with Crippen molar-refractivity contribution in [3.8, 4) is 11.8 Å². The van der Waals surface area contributed by atoms with Gasteiger partial charge in [-0.1, -0.05) is 35.7 Å². The summed E-state index contributed by atoms with van der Waals surface area (Å²) in [6.45, 7) is 0.570. The van der Waals surface area contributed by atoms with Crippen molar-refractivity contribution in [2.45, 2.75) is 49.8 Å². The van der Waals surface area contributed by atoms with Crippen molar-refractivity contribution < 1.29 is 24.0 Å². The minimum atomic E-state index is -0.800. The Morgan fingerprint density at radius 2 is 1.72 bits per heavy atom. The van der Waals surface area contributed by atoms with Gasteiger partial charge in [0.25, 0.3) is 0 Å². The molecule has 0 aliphatic carbocycles. The molecule has 0 bridgehead atoms. The fourth-order valence-electron chi connectivity index (χ4n) is 3.59. The van der Waals surface area contributed by atoms with Gasteiger partial charge in [0, 0.05) is 37.5 Å². The van der Waals surface area contributed by atoms with Crippen molar-refractivity contribution in [2.24, 2.45) is 0 Å². The quantitative estimate of drug-likeness (QED) is 0.0455. The van der Waals surface area contributed by atoms with E-state index in [1.165, 1.54) is 11.8 Å². The number of nitrogens with one attached hydrogen (secondary N) is 6. The van der Waals surface area contributed by atoms with Crippen molar-refractivity contribution in [1.82, 2.24) is 36.6 Å². The number of amides is 5. The molecular formula is C29H38N8O5S. The van der Waals surface area contributed by atoms with E-state index >= 15 is 0 Å². The molecule has 1 atom stereocenters. The highest BCUT2D eigenvalue weighted by atomic mass is 32.2. The average Bonchev–Trinajstić information content (AvgIpc) is 3.02. The van der Waals surface area contributed by atoms with Gasteiger partial charge in [-0.15, -0.1) is 0 Å². The summed E-state index contributed by atoms with van der Waals surface area (Å²) in [6, 6.07) is 6.07. The molecule has 6 N–H and O–H groups in total. The van der Waals surface area contributed by atoms with Crippen LogP contribution in [0.4, 0.5) is 5.69 Å². The van der Waals surface area contributed by atoms with Crippen molar-refractivity contribution in [2.75, 3.05) is 38.3 Å². The van der Waals surface area contributed by atoms with Gasteiger partial charge in [0.2, 0.25) is 30.0 Å². The third kappa shape index (κ3) is 14.8. The second kappa shape index (κ2) is 20.4. The van der Waals surface area contributed by atoms with Gasteiger partial charge in [-0.3, -0.25) is 24.0 Å². The van der Waals surface area contributed by atoms with E-state index in [-0.39, 0.29) is 43.8 Å². The van der Waals surface area contributed by atoms with Crippen molar-refractivity contribution in [3.05, 3.63) is 47.8 Å². The maximum atomic E-state index is 13.0. The lowest BCUT2D eigenvalue weighted by Crippen LogP contribution is -2.47. The smallest absolute Gasteiger partial charge is 0.246 e. The number of hydrogen-bond donors (Lipinski definition) is 6. The summed E-state index contributed by atoms with van der Waals surface area (Å²) in [7, 11) is 1.80. The first-order chi connectivity index (χ1) is 20.8. The number of aromatic nitrogens is 2. The highest BCUT2D eigenvalue weighted by Gasteiger charge is 2.21. The first-order valence-electron chi connectivity index (χ1n) is 13.7. The molecule has 5 amide bonds. The zero-order valence-corrected chi connectivity index (χ0v) is 25.1. The molecule has 43 heavy (non-hydrogen) atoms. The maximum absolute atomic E-state index is 13.0. The van der Waals surface area contributed by atoms with E-state index in [1.54, 1.807) is 43.7 Å². The summed E-state index contributed by atoms with van der Waals surface area (Å²) >= 11 is 1.45. The molecule has 1 aromatic carbocycles. The zero-order chi connectivity index (χ0) is 31.3. The van der Waals surface area contributed by atoms with Gasteiger partial charge in [-0.2, -0.15) is 0 Å². The van der Waals surface area contributed by atoms with Crippen molar-refractivity contribution in [3.63, 3.8) is 0 Å². The third-order valence-corrected chi connectivity index (χ3v) is 6.40. The van der Waals surface area contributed by atoms with Gasteiger partial charge >= 0.3 is 0 Å². The Morgan fingerprint density at radius 3 is 2.40 bits per heavy atom. The number of carbonyl (C=O) groups excluding carboxylic acids is 5. The van der Waals surface area contributed by atoms with Crippen LogP contribution in [0.2, 0.25) is 0 Å². The van der Waals surface area contributed by atoms with Gasteiger partial charge in [-0.05, 0) is 56.8 Å². The summed E-state index contributed by atoms with van der Waals surface area (Å²) in [6.07, 6.45) is 7.95. The van der Waals surface area contributed by atoms with Crippen molar-refractivity contribution in [1.29, 1.82) is 0 Å². The molecule has 0 saturated carbocycles. The topological polar surface area (TPSA) is 183 Å². The van der Waals surface area contributed by atoms with E-state index in [0.29, 0.717) is 55.0 Å². The molecule has 2 aromatic rings. The Hall–Kier alpha value is -4.48. The Kier molecular flexibility index (Phi) is 16.5. The van der Waals surface area contributed by atoms with Crippen LogP contribution >= 0.6 is 11.8 Å². The predicted molar refractivity (Wildman–Crippen MR) is 164 cm³/mol. The number of anilines is 1. The molecule has 1 aromatic heterocycles. The highest BCUT2D eigenvalue weighted by Crippen LogP contribution is 2.11. The zero-order valence-electron chi connectivity index (χ0n) is 24.3. The van der Waals surface area contributed by atoms with E-state index in [9.17, 15) is 24.0 Å². The molecule has 13 nitrogen and oxygen atoms in total. The van der Waals surface area contributed by atoms with E-state index in [2.05, 4.69) is 53.7 Å². The number of carbonyl (C=O) groups is 5. The predicted octanol–water partition coefficient (Wildman–Crippen LogP) is 0.322. The molecule has 1 unspecified atom stereocenters. The van der Waals surface area contributed by atoms with Crippen LogP contribution in [-0.2, 0) is 30.5 Å². The largest absolute Gasteiger partial charge is 0.350 e. The molecule has 0 saturated heterocycles. The van der Waals surface area contributed by atoms with Gasteiger partial charge in [0.05, 0.1) is 18.7 Å². The molecule has 0 spiro atoms. The molecule has 14 heteroatoms. The van der Waals surface area contributed by atoms with Crippen LogP contribution in [0.25, 0.3) is 0 Å². The summed E-state index contributed by atoms with van der Waals surface area (Å²) in [5, 5.41) is 16.7. The summed E-state index contributed by atoms with van der Waals surface area (Å²) < 4.78 is 0. The molecule has 2 rings (SSSR count). The Balaban J connectivity index is 1.78. The first-order valence-corrected chi connectivity index (χ1v) is 15.0. The molecule has 0 aliphatic heterocycles. The van der Waals surface area contributed by atoms with Crippen LogP contribution in [0.3, 0.4) is 0 Å². The first kappa shape index (κ1) is 34.7. The molecule has 230 valence electrons. The number of rotatable bonds is 18. The van der Waals surface area contributed by atoms with Gasteiger partial charge in [0.15, 0.2) is 5.16 Å². The summed E-state index contributed by atoms with van der Waals surface area (Å²) in [4.78, 5) is 67.9. The molecule has 0 radical (unpaired) electrons. The monoisotopic (exact) mass is 610 g/mol. The minimum Gasteiger partial charge on any atom is -0.350 e. The summed E-state index contributed by atoms with van der Waals surface area (Å²) in [5.74, 6) is 4.49. The lowest BCUT2D eigenvalue weighted by molar-refractivity contribution is -0.128. The molecular weight excluding hydrogens is 572 g/mol. The fraction of sp³-hybridized carbons (Fsp3) is 0.414. The van der Waals surface area contributed by atoms with Gasteiger partial charge < -0.3 is 31.9 Å². The Morgan fingerprint density at radius 1 is 0.977 bits per heavy atom. The van der Waals surface area contributed by atoms with Crippen LogP contribution in [0.15, 0.2) is 41.8 Å². The fourth-order valence-corrected chi connectivity index (χ4v) is 3.90. The maximum Gasteiger partial charge on any atom is 0.246 e. The Labute approximate surface area is 255 Å². The second-order valence-corrected chi connectivity index (χ2v) is 9.99. The highest BCUT2D eigenvalue weighted by molar-refractivity contribution is 7.98. The Bertz CT molecular complexity index is 1260. The molecule has 0 aliphatic rings. The van der Waals surface area contributed by atoms with Crippen LogP contribution in [0, 0.1) is 11.8 Å². The van der Waals surface area contributed by atoms with E-state index in [4.69, 9.17) is 0 Å². The second-order valence-electron chi connectivity index (χ2n) is 9.22. The minimum absolute atomic E-state index is 0.109. The average molecular weight is 611 g/mol. The number of nitrogens with zero attached hydrogens (tertiary/aromatic N) is 2. The van der Waals surface area contributed by atoms with E-state index in [1.807, 2.05) is 6.26 Å². The lowest BCUT2D eigenvalue weighted by Gasteiger charge is -2.19. The van der Waals surface area contributed by atoms with Gasteiger partial charge in [0.1, 0.15) is 6.04 Å². The van der Waals surface area contributed by atoms with Crippen LogP contribution in [0.5, 0.6) is 0 Å². The van der Waals surface area contributed by atoms with Crippen LogP contribution in [0.1, 0.15) is 43.2 Å². The van der Waals surface area contributed by atoms with E-state index < -0.39 is 11.9 Å². The summed E-state index contributed by atoms with van der Waals surface area (Å²) in [5.41, 5.74) is 2.03. The van der Waals surface area contributed by atoms with Crippen LogP contribution < -0.4 is 31.9 Å². The number of benzene rings is 1. The SMILES string of the molecule is CNCCCC(NC(=O)CNC(=O)CCCC#Cc1cnc(SC)nc1)C(=O)Nc1ccc(CNC(=O)CNC=O)cc1. The number of unbranched alkanes of at least 4 members (excludes halogenated alkanes) is 1. The standard InChI is InChI=1S/C29H38N8O5S/c1-30-14-6-8-24(28(42)36-23-12-10-21(11-13-23)15-32-26(40)18-31-20-38)37-27(41)19-33-25(39)9-5-3-4-7-22-16-34-29(43-2)35-17-22/h10-13,16-17,20,24,30H,3,5-6,8-9,14-15,18-19H2,1-2H3,(H,31,38)(H,32,40)(H,33,39)(H,36,42)(H,37,41). The normalized spacial score (nSPS) is 10.8. The lowest BCUT2D eigenvalue weighted by atomic mass is 10.1. The van der Waals surface area contributed by atoms with Crippen LogP contribution in [-0.4, -0.2) is 79.0 Å². The van der Waals surface area contributed by atoms with E-state index in [0.717, 1.165) is 5.56 Å². The van der Waals surface area contributed by atoms with Crippen molar-refractivity contribution >= 4 is 47.5 Å². The number of hydrogen-bond acceptors (Lipinski definition) is 9. The third-order valence-electron chi connectivity index (χ3n) is 5.82.